The molecule has 94 valence electrons. The zero-order valence-corrected chi connectivity index (χ0v) is 12.1. The van der Waals surface area contributed by atoms with Crippen LogP contribution in [-0.2, 0) is 17.6 Å². The summed E-state index contributed by atoms with van der Waals surface area (Å²) in [5, 5.41) is 0. The third-order valence-electron chi connectivity index (χ3n) is 2.91. The van der Waals surface area contributed by atoms with Crippen LogP contribution in [0.4, 0.5) is 0 Å². The van der Waals surface area contributed by atoms with Gasteiger partial charge in [-0.1, -0.05) is 52.3 Å². The molecule has 0 fully saturated rings. The monoisotopic (exact) mass is 304 g/mol. The number of benzene rings is 2. The second kappa shape index (κ2) is 6.72. The van der Waals surface area contributed by atoms with Crippen LogP contribution >= 0.6 is 15.9 Å². The standard InChI is InChI=1S/C16H17BrO/c1-18-10-9-13-3-2-4-15(11-13)12-14-5-7-16(17)8-6-14/h2-8,11H,9-10,12H2,1H3. The van der Waals surface area contributed by atoms with Crippen molar-refractivity contribution in [2.45, 2.75) is 12.8 Å². The quantitative estimate of drug-likeness (QED) is 0.803. The average Bonchev–Trinajstić information content (AvgIpc) is 2.40. The number of methoxy groups -OCH3 is 1. The Balaban J connectivity index is 2.06. The third-order valence-corrected chi connectivity index (χ3v) is 3.44. The first-order chi connectivity index (χ1) is 8.78. The highest BCUT2D eigenvalue weighted by Crippen LogP contribution is 2.15. The molecule has 0 atom stereocenters. The minimum atomic E-state index is 0.780. The summed E-state index contributed by atoms with van der Waals surface area (Å²) in [5.74, 6) is 0. The van der Waals surface area contributed by atoms with E-state index >= 15 is 0 Å². The Bertz CT molecular complexity index is 491. The van der Waals surface area contributed by atoms with E-state index in [4.69, 9.17) is 4.74 Å². The van der Waals surface area contributed by atoms with Gasteiger partial charge in [0.1, 0.15) is 0 Å². The molecular weight excluding hydrogens is 288 g/mol. The summed E-state index contributed by atoms with van der Waals surface area (Å²) < 4.78 is 6.24. The van der Waals surface area contributed by atoms with E-state index in [9.17, 15) is 0 Å². The molecule has 0 amide bonds. The zero-order valence-electron chi connectivity index (χ0n) is 10.5. The van der Waals surface area contributed by atoms with Crippen LogP contribution in [-0.4, -0.2) is 13.7 Å². The third kappa shape index (κ3) is 3.97. The Hall–Kier alpha value is -1.12. The van der Waals surface area contributed by atoms with Crippen molar-refractivity contribution in [2.75, 3.05) is 13.7 Å². The zero-order chi connectivity index (χ0) is 12.8. The van der Waals surface area contributed by atoms with Gasteiger partial charge in [-0.15, -0.1) is 0 Å². The molecule has 0 spiro atoms. The van der Waals surface area contributed by atoms with Crippen molar-refractivity contribution in [3.8, 4) is 0 Å². The van der Waals surface area contributed by atoms with E-state index in [0.29, 0.717) is 0 Å². The summed E-state index contributed by atoms with van der Waals surface area (Å²) in [6, 6.07) is 17.2. The lowest BCUT2D eigenvalue weighted by Crippen LogP contribution is -1.96. The summed E-state index contributed by atoms with van der Waals surface area (Å²) >= 11 is 3.46. The average molecular weight is 305 g/mol. The van der Waals surface area contributed by atoms with Crippen LogP contribution in [0.15, 0.2) is 53.0 Å². The fraction of sp³-hybridized carbons (Fsp3) is 0.250. The molecule has 0 N–H and O–H groups in total. The van der Waals surface area contributed by atoms with Crippen molar-refractivity contribution < 1.29 is 4.74 Å². The molecule has 0 aliphatic heterocycles. The molecule has 0 aromatic heterocycles. The van der Waals surface area contributed by atoms with E-state index < -0.39 is 0 Å². The van der Waals surface area contributed by atoms with E-state index in [0.717, 1.165) is 23.9 Å². The Morgan fingerprint density at radius 3 is 2.39 bits per heavy atom. The minimum Gasteiger partial charge on any atom is -0.384 e. The number of ether oxygens (including phenoxy) is 1. The van der Waals surface area contributed by atoms with Gasteiger partial charge in [-0.2, -0.15) is 0 Å². The van der Waals surface area contributed by atoms with E-state index in [1.165, 1.54) is 16.7 Å². The highest BCUT2D eigenvalue weighted by Gasteiger charge is 1.99. The highest BCUT2D eigenvalue weighted by molar-refractivity contribution is 9.10. The van der Waals surface area contributed by atoms with Gasteiger partial charge < -0.3 is 4.74 Å². The maximum atomic E-state index is 5.11. The Labute approximate surface area is 117 Å². The largest absolute Gasteiger partial charge is 0.384 e. The van der Waals surface area contributed by atoms with Crippen molar-refractivity contribution in [3.63, 3.8) is 0 Å². The topological polar surface area (TPSA) is 9.23 Å². The number of halogens is 1. The van der Waals surface area contributed by atoms with Gasteiger partial charge in [0.2, 0.25) is 0 Å². The Morgan fingerprint density at radius 2 is 1.67 bits per heavy atom. The first-order valence-electron chi connectivity index (χ1n) is 6.09. The van der Waals surface area contributed by atoms with Gasteiger partial charge in [0.15, 0.2) is 0 Å². The van der Waals surface area contributed by atoms with Gasteiger partial charge >= 0.3 is 0 Å². The first kappa shape index (κ1) is 13.3. The van der Waals surface area contributed by atoms with Crippen LogP contribution in [0.5, 0.6) is 0 Å². The van der Waals surface area contributed by atoms with Crippen LogP contribution in [0.25, 0.3) is 0 Å². The van der Waals surface area contributed by atoms with Gasteiger partial charge in [0, 0.05) is 11.6 Å². The van der Waals surface area contributed by atoms with Crippen LogP contribution in [0.2, 0.25) is 0 Å². The van der Waals surface area contributed by atoms with Gasteiger partial charge in [-0.05, 0) is 41.7 Å². The fourth-order valence-electron chi connectivity index (χ4n) is 1.95. The Kier molecular flexibility index (Phi) is 4.97. The first-order valence-corrected chi connectivity index (χ1v) is 6.88. The fourth-order valence-corrected chi connectivity index (χ4v) is 2.22. The predicted octanol–water partition coefficient (Wildman–Crippen LogP) is 4.23. The van der Waals surface area contributed by atoms with E-state index in [1.807, 2.05) is 0 Å². The molecule has 18 heavy (non-hydrogen) atoms. The van der Waals surface area contributed by atoms with Crippen molar-refractivity contribution in [1.82, 2.24) is 0 Å². The van der Waals surface area contributed by atoms with Crippen molar-refractivity contribution in [3.05, 3.63) is 69.7 Å². The molecule has 0 saturated heterocycles. The minimum absolute atomic E-state index is 0.780. The maximum Gasteiger partial charge on any atom is 0.0502 e. The van der Waals surface area contributed by atoms with Crippen LogP contribution in [0.3, 0.4) is 0 Å². The number of hydrogen-bond acceptors (Lipinski definition) is 1. The lowest BCUT2D eigenvalue weighted by molar-refractivity contribution is 0.202. The molecule has 2 rings (SSSR count). The van der Waals surface area contributed by atoms with E-state index in [1.54, 1.807) is 7.11 Å². The molecule has 0 saturated carbocycles. The molecule has 0 bridgehead atoms. The van der Waals surface area contributed by atoms with E-state index in [2.05, 4.69) is 64.5 Å². The van der Waals surface area contributed by atoms with Gasteiger partial charge in [-0.3, -0.25) is 0 Å². The van der Waals surface area contributed by atoms with Crippen molar-refractivity contribution in [2.24, 2.45) is 0 Å². The molecule has 0 heterocycles. The molecule has 2 aromatic carbocycles. The lowest BCUT2D eigenvalue weighted by Gasteiger charge is -2.05. The molecule has 2 aromatic rings. The van der Waals surface area contributed by atoms with Gasteiger partial charge in [0.05, 0.1) is 6.61 Å². The number of hydrogen-bond donors (Lipinski definition) is 0. The molecular formula is C16H17BrO. The molecule has 0 radical (unpaired) electrons. The second-order valence-corrected chi connectivity index (χ2v) is 5.28. The summed E-state index contributed by atoms with van der Waals surface area (Å²) in [7, 11) is 1.74. The summed E-state index contributed by atoms with van der Waals surface area (Å²) in [6.45, 7) is 0.780. The molecule has 0 aliphatic carbocycles. The normalized spacial score (nSPS) is 10.6. The van der Waals surface area contributed by atoms with Crippen molar-refractivity contribution >= 4 is 15.9 Å². The van der Waals surface area contributed by atoms with Crippen molar-refractivity contribution in [1.29, 1.82) is 0 Å². The van der Waals surface area contributed by atoms with Gasteiger partial charge in [-0.25, -0.2) is 0 Å². The van der Waals surface area contributed by atoms with Gasteiger partial charge in [0.25, 0.3) is 0 Å². The SMILES string of the molecule is COCCc1cccc(Cc2ccc(Br)cc2)c1. The lowest BCUT2D eigenvalue weighted by atomic mass is 10.0. The maximum absolute atomic E-state index is 5.11. The highest BCUT2D eigenvalue weighted by atomic mass is 79.9. The summed E-state index contributed by atoms with van der Waals surface area (Å²) in [5.41, 5.74) is 4.03. The van der Waals surface area contributed by atoms with Crippen LogP contribution in [0.1, 0.15) is 16.7 Å². The van der Waals surface area contributed by atoms with Crippen LogP contribution in [0, 0.1) is 0 Å². The summed E-state index contributed by atoms with van der Waals surface area (Å²) in [6.07, 6.45) is 1.96. The smallest absolute Gasteiger partial charge is 0.0502 e. The molecule has 1 nitrogen and oxygen atoms in total. The van der Waals surface area contributed by atoms with Crippen LogP contribution < -0.4 is 0 Å². The summed E-state index contributed by atoms with van der Waals surface area (Å²) in [4.78, 5) is 0. The number of rotatable bonds is 5. The molecule has 0 unspecified atom stereocenters. The Morgan fingerprint density at radius 1 is 0.944 bits per heavy atom. The van der Waals surface area contributed by atoms with E-state index in [-0.39, 0.29) is 0 Å². The predicted molar refractivity (Wildman–Crippen MR) is 79.0 cm³/mol. The second-order valence-electron chi connectivity index (χ2n) is 4.37. The molecule has 0 aliphatic rings. The molecule has 2 heteroatoms.